The molecule has 0 fully saturated rings. The van der Waals surface area contributed by atoms with Gasteiger partial charge in [-0.25, -0.2) is 4.79 Å². The van der Waals surface area contributed by atoms with Crippen molar-refractivity contribution in [1.29, 1.82) is 0 Å². The van der Waals surface area contributed by atoms with Crippen molar-refractivity contribution in [2.24, 2.45) is 0 Å². The average Bonchev–Trinajstić information content (AvgIpc) is 3.16. The Bertz CT molecular complexity index is 815. The number of carbonyl (C=O) groups excluding carboxylic acids is 2. The lowest BCUT2D eigenvalue weighted by Crippen LogP contribution is -2.34. The largest absolute Gasteiger partial charge is 0.462 e. The van der Waals surface area contributed by atoms with Gasteiger partial charge in [0.1, 0.15) is 5.00 Å². The van der Waals surface area contributed by atoms with Crippen LogP contribution in [0.2, 0.25) is 0 Å². The summed E-state index contributed by atoms with van der Waals surface area (Å²) in [4.78, 5) is 25.7. The van der Waals surface area contributed by atoms with Crippen molar-refractivity contribution in [3.63, 3.8) is 0 Å². The van der Waals surface area contributed by atoms with Crippen LogP contribution in [0.25, 0.3) is 0 Å². The predicted molar refractivity (Wildman–Crippen MR) is 102 cm³/mol. The molecule has 130 valence electrons. The number of rotatable bonds is 4. The lowest BCUT2D eigenvalue weighted by atomic mass is 10.1. The van der Waals surface area contributed by atoms with Crippen molar-refractivity contribution in [3.05, 3.63) is 51.9 Å². The van der Waals surface area contributed by atoms with Gasteiger partial charge in [0.15, 0.2) is 5.11 Å². The SMILES string of the molecule is CCOC(=O)c1c(NC(=S)NC(=O)c2ccccc2)sc2c1CCC2. The third-order valence-electron chi connectivity index (χ3n) is 3.89. The van der Waals surface area contributed by atoms with Crippen LogP contribution >= 0.6 is 23.6 Å². The van der Waals surface area contributed by atoms with Gasteiger partial charge in [-0.3, -0.25) is 10.1 Å². The Hall–Kier alpha value is -2.25. The van der Waals surface area contributed by atoms with Gasteiger partial charge in [0, 0.05) is 10.4 Å². The maximum Gasteiger partial charge on any atom is 0.341 e. The minimum Gasteiger partial charge on any atom is -0.462 e. The molecule has 0 bridgehead atoms. The number of aryl methyl sites for hydroxylation is 1. The van der Waals surface area contributed by atoms with Crippen molar-refractivity contribution in [3.8, 4) is 0 Å². The van der Waals surface area contributed by atoms with Gasteiger partial charge in [0.05, 0.1) is 12.2 Å². The highest BCUT2D eigenvalue weighted by molar-refractivity contribution is 7.80. The quantitative estimate of drug-likeness (QED) is 0.633. The van der Waals surface area contributed by atoms with E-state index in [1.807, 2.05) is 6.07 Å². The van der Waals surface area contributed by atoms with Crippen LogP contribution in [0.4, 0.5) is 5.00 Å². The maximum absolute atomic E-state index is 12.3. The normalized spacial score (nSPS) is 12.4. The number of nitrogens with one attached hydrogen (secondary N) is 2. The van der Waals surface area contributed by atoms with Crippen molar-refractivity contribution in [1.82, 2.24) is 5.32 Å². The molecule has 1 aliphatic rings. The molecule has 0 atom stereocenters. The highest BCUT2D eigenvalue weighted by atomic mass is 32.1. The van der Waals surface area contributed by atoms with Crippen molar-refractivity contribution in [2.45, 2.75) is 26.2 Å². The van der Waals surface area contributed by atoms with Gasteiger partial charge in [-0.1, -0.05) is 18.2 Å². The Morgan fingerprint density at radius 2 is 2.00 bits per heavy atom. The molecule has 5 nitrogen and oxygen atoms in total. The van der Waals surface area contributed by atoms with Gasteiger partial charge >= 0.3 is 5.97 Å². The molecule has 3 rings (SSSR count). The first-order valence-corrected chi connectivity index (χ1v) is 9.31. The van der Waals surface area contributed by atoms with E-state index in [0.717, 1.165) is 24.8 Å². The molecule has 1 aromatic carbocycles. The predicted octanol–water partition coefficient (Wildman–Crippen LogP) is 3.54. The van der Waals surface area contributed by atoms with Crippen LogP contribution in [0.15, 0.2) is 30.3 Å². The van der Waals surface area contributed by atoms with E-state index in [-0.39, 0.29) is 17.0 Å². The van der Waals surface area contributed by atoms with Gasteiger partial charge in [-0.15, -0.1) is 11.3 Å². The summed E-state index contributed by atoms with van der Waals surface area (Å²) in [5, 5.41) is 6.45. The van der Waals surface area contributed by atoms with Crippen molar-refractivity contribution < 1.29 is 14.3 Å². The topological polar surface area (TPSA) is 67.4 Å². The van der Waals surface area contributed by atoms with E-state index in [2.05, 4.69) is 10.6 Å². The second kappa shape index (κ2) is 7.76. The number of amides is 1. The van der Waals surface area contributed by atoms with Crippen LogP contribution in [0, 0.1) is 0 Å². The maximum atomic E-state index is 12.3. The minimum atomic E-state index is -0.346. The van der Waals surface area contributed by atoms with Gasteiger partial charge in [0.25, 0.3) is 5.91 Å². The second-order valence-electron chi connectivity index (χ2n) is 5.56. The lowest BCUT2D eigenvalue weighted by molar-refractivity contribution is 0.0527. The molecule has 0 radical (unpaired) electrons. The number of hydrogen-bond donors (Lipinski definition) is 2. The smallest absolute Gasteiger partial charge is 0.341 e. The number of anilines is 1. The van der Waals surface area contributed by atoms with E-state index in [0.29, 0.717) is 22.7 Å². The summed E-state index contributed by atoms with van der Waals surface area (Å²) < 4.78 is 5.18. The standard InChI is InChI=1S/C18H18N2O3S2/c1-2-23-17(22)14-12-9-6-10-13(12)25-16(14)20-18(24)19-15(21)11-7-4-3-5-8-11/h3-5,7-8H,2,6,9-10H2,1H3,(H2,19,20,21,24). The molecule has 1 aromatic heterocycles. The highest BCUT2D eigenvalue weighted by Gasteiger charge is 2.28. The van der Waals surface area contributed by atoms with E-state index in [9.17, 15) is 9.59 Å². The summed E-state index contributed by atoms with van der Waals surface area (Å²) in [5.74, 6) is -0.638. The fraction of sp³-hybridized carbons (Fsp3) is 0.278. The zero-order valence-corrected chi connectivity index (χ0v) is 15.4. The highest BCUT2D eigenvalue weighted by Crippen LogP contribution is 2.39. The Balaban J connectivity index is 1.75. The summed E-state index contributed by atoms with van der Waals surface area (Å²) in [5.41, 5.74) is 2.12. The minimum absolute atomic E-state index is 0.166. The first-order valence-electron chi connectivity index (χ1n) is 8.09. The van der Waals surface area contributed by atoms with Gasteiger partial charge in [-0.2, -0.15) is 0 Å². The zero-order valence-electron chi connectivity index (χ0n) is 13.8. The van der Waals surface area contributed by atoms with Crippen LogP contribution in [-0.2, 0) is 17.6 Å². The number of fused-ring (bicyclic) bond motifs is 1. The molecular formula is C18H18N2O3S2. The molecule has 2 N–H and O–H groups in total. The van der Waals surface area contributed by atoms with Crippen LogP contribution in [0.3, 0.4) is 0 Å². The van der Waals surface area contributed by atoms with Crippen molar-refractivity contribution >= 4 is 45.5 Å². The third kappa shape index (κ3) is 3.88. The molecule has 0 saturated carbocycles. The van der Waals surface area contributed by atoms with E-state index in [1.54, 1.807) is 31.2 Å². The number of ether oxygens (including phenoxy) is 1. The summed E-state index contributed by atoms with van der Waals surface area (Å²) in [6.07, 6.45) is 2.87. The molecule has 2 aromatic rings. The molecule has 7 heteroatoms. The van der Waals surface area contributed by atoms with Crippen LogP contribution in [0.5, 0.6) is 0 Å². The molecule has 0 saturated heterocycles. The van der Waals surface area contributed by atoms with Crippen LogP contribution < -0.4 is 10.6 Å². The molecule has 1 heterocycles. The second-order valence-corrected chi connectivity index (χ2v) is 7.07. The van der Waals surface area contributed by atoms with Gasteiger partial charge < -0.3 is 10.1 Å². The number of esters is 1. The number of thiophene rings is 1. The summed E-state index contributed by atoms with van der Waals surface area (Å²) in [6.45, 7) is 2.10. The number of carbonyl (C=O) groups is 2. The average molecular weight is 374 g/mol. The molecule has 1 amide bonds. The first kappa shape index (κ1) is 17.6. The van der Waals surface area contributed by atoms with E-state index in [4.69, 9.17) is 17.0 Å². The Morgan fingerprint density at radius 3 is 2.72 bits per heavy atom. The summed E-state index contributed by atoms with van der Waals surface area (Å²) in [7, 11) is 0. The van der Waals surface area contributed by atoms with E-state index < -0.39 is 0 Å². The monoisotopic (exact) mass is 374 g/mol. The zero-order chi connectivity index (χ0) is 17.8. The van der Waals surface area contributed by atoms with E-state index >= 15 is 0 Å². The number of benzene rings is 1. The van der Waals surface area contributed by atoms with Gasteiger partial charge in [0.2, 0.25) is 0 Å². The Morgan fingerprint density at radius 1 is 1.24 bits per heavy atom. The summed E-state index contributed by atoms with van der Waals surface area (Å²) in [6, 6.07) is 8.83. The molecule has 0 spiro atoms. The van der Waals surface area contributed by atoms with E-state index in [1.165, 1.54) is 16.2 Å². The Kier molecular flexibility index (Phi) is 5.45. The van der Waals surface area contributed by atoms with Crippen LogP contribution in [0.1, 0.15) is 44.5 Å². The van der Waals surface area contributed by atoms with Gasteiger partial charge in [-0.05, 0) is 56.1 Å². The third-order valence-corrected chi connectivity index (χ3v) is 5.30. The van der Waals surface area contributed by atoms with Crippen molar-refractivity contribution in [2.75, 3.05) is 11.9 Å². The number of thiocarbonyl (C=S) groups is 1. The molecule has 1 aliphatic carbocycles. The molecule has 0 unspecified atom stereocenters. The number of hydrogen-bond acceptors (Lipinski definition) is 5. The molecule has 0 aliphatic heterocycles. The fourth-order valence-corrected chi connectivity index (χ4v) is 4.35. The molecular weight excluding hydrogens is 356 g/mol. The molecule has 25 heavy (non-hydrogen) atoms. The Labute approximate surface area is 155 Å². The van der Waals surface area contributed by atoms with Crippen LogP contribution in [-0.4, -0.2) is 23.6 Å². The first-order chi connectivity index (χ1) is 12.1. The lowest BCUT2D eigenvalue weighted by Gasteiger charge is -2.11. The summed E-state index contributed by atoms with van der Waals surface area (Å²) >= 11 is 6.74. The fourth-order valence-electron chi connectivity index (χ4n) is 2.81.